The summed E-state index contributed by atoms with van der Waals surface area (Å²) in [6.07, 6.45) is 2.15. The Hall–Kier alpha value is -3.68. The second kappa shape index (κ2) is 28.7. The van der Waals surface area contributed by atoms with E-state index in [0.29, 0.717) is 24.8 Å². The van der Waals surface area contributed by atoms with Crippen molar-refractivity contribution in [3.63, 3.8) is 0 Å². The van der Waals surface area contributed by atoms with Gasteiger partial charge in [-0.3, -0.25) is 28.8 Å². The number of amides is 3. The number of carbonyl (C=O) groups is 6. The van der Waals surface area contributed by atoms with Gasteiger partial charge in [-0.2, -0.15) is 0 Å². The van der Waals surface area contributed by atoms with E-state index in [1.54, 1.807) is 19.1 Å². The van der Waals surface area contributed by atoms with E-state index in [1.165, 1.54) is 6.92 Å². The molecule has 3 amide bonds. The third-order valence-corrected chi connectivity index (χ3v) is 10.3. The number of aliphatic hydroxyl groups excluding tert-OH is 1. The first-order valence-corrected chi connectivity index (χ1v) is 20.6. The fraction of sp³-hybridized carbons (Fsp3) is 0.587. The molecule has 0 heterocycles. The van der Waals surface area contributed by atoms with Crippen LogP contribution in [-0.4, -0.2) is 89.4 Å². The van der Waals surface area contributed by atoms with E-state index >= 15 is 0 Å². The summed E-state index contributed by atoms with van der Waals surface area (Å²) in [7, 11) is 0. The number of hydrogen-bond acceptors (Lipinski definition) is 9. The van der Waals surface area contributed by atoms with Crippen LogP contribution >= 0.6 is 0 Å². The van der Waals surface area contributed by atoms with Crippen molar-refractivity contribution >= 4 is 35.1 Å². The predicted octanol–water partition coefficient (Wildman–Crippen LogP) is 5.70. The summed E-state index contributed by atoms with van der Waals surface area (Å²) in [5.41, 5.74) is 2.27. The molecule has 12 nitrogen and oxygen atoms in total. The molecule has 2 aromatic rings. The number of benzene rings is 2. The first-order chi connectivity index (χ1) is 27.4. The van der Waals surface area contributed by atoms with Gasteiger partial charge in [0, 0.05) is 61.4 Å². The standard InChI is InChI=1S/C45H68N4O7.CN.U/c1-10-49(11-2)24-16-15-19-35(44(56)48-39(29-50)32(6)51)28-41(53)37(25-30(3)4)46-42(54)31(5)26-40(52)38(27-33-17-13-12-14-18-33)47-43(55)34-20-22-36(23-21-34)45(7,8)9;1-2;/h12-14,17-18,20-23,30-31,35,37-39,50H,10-11,15-16,19,24-29H2,1-9H3,(H,46,54)(H,47,55)(H,48,56);;/q;-1;/t31-,35?,37?,38+,39+;;/m1../s1. The Morgan fingerprint density at radius 3 is 1.83 bits per heavy atom. The number of rotatable bonds is 25. The molecule has 59 heavy (non-hydrogen) atoms. The molecule has 0 saturated heterocycles. The van der Waals surface area contributed by atoms with Gasteiger partial charge in [0.1, 0.15) is 6.04 Å². The summed E-state index contributed by atoms with van der Waals surface area (Å²) in [6.45, 7) is 24.1. The molecular formula is C46H68N5O7U-. The van der Waals surface area contributed by atoms with Crippen LogP contribution in [-0.2, 0) is 35.8 Å². The Kier molecular flexibility index (Phi) is 26.9. The van der Waals surface area contributed by atoms with Gasteiger partial charge in [0.05, 0.1) is 18.7 Å². The zero-order chi connectivity index (χ0) is 44.0. The van der Waals surface area contributed by atoms with Crippen molar-refractivity contribution in [3.05, 3.63) is 77.9 Å². The van der Waals surface area contributed by atoms with Crippen LogP contribution in [0.1, 0.15) is 122 Å². The van der Waals surface area contributed by atoms with E-state index in [4.69, 9.17) is 11.8 Å². The Labute approximate surface area is 376 Å². The smallest absolute Gasteiger partial charge is 0.251 e. The van der Waals surface area contributed by atoms with Crippen LogP contribution in [0.25, 0.3) is 0 Å². The molecular weight excluding hydrogens is 973 g/mol. The fourth-order valence-corrected chi connectivity index (χ4v) is 6.59. The molecule has 0 aromatic heterocycles. The number of nitrogens with one attached hydrogen (secondary N) is 3. The molecule has 324 valence electrons. The third kappa shape index (κ3) is 20.4. The van der Waals surface area contributed by atoms with Crippen LogP contribution in [0.4, 0.5) is 0 Å². The Bertz CT molecular complexity index is 1620. The van der Waals surface area contributed by atoms with E-state index in [1.807, 2.05) is 56.3 Å². The number of unbranched alkanes of at least 4 members (excludes halogenated alkanes) is 1. The van der Waals surface area contributed by atoms with E-state index in [-0.39, 0.29) is 85.0 Å². The van der Waals surface area contributed by atoms with Gasteiger partial charge in [0.2, 0.25) is 11.8 Å². The van der Waals surface area contributed by atoms with Crippen molar-refractivity contribution in [2.75, 3.05) is 26.2 Å². The van der Waals surface area contributed by atoms with Crippen molar-refractivity contribution in [2.45, 2.75) is 131 Å². The maximum absolute atomic E-state index is 13.9. The molecule has 2 aromatic carbocycles. The van der Waals surface area contributed by atoms with Crippen molar-refractivity contribution in [3.8, 4) is 0 Å². The second-order valence-electron chi connectivity index (χ2n) is 16.5. The van der Waals surface area contributed by atoms with Crippen LogP contribution in [0.15, 0.2) is 54.6 Å². The van der Waals surface area contributed by atoms with Crippen molar-refractivity contribution < 1.29 is 65.0 Å². The van der Waals surface area contributed by atoms with Crippen LogP contribution < -0.4 is 16.0 Å². The molecule has 0 aliphatic rings. The zero-order valence-electron chi connectivity index (χ0n) is 36.7. The summed E-state index contributed by atoms with van der Waals surface area (Å²) < 4.78 is 0. The van der Waals surface area contributed by atoms with Gasteiger partial charge >= 0.3 is 0 Å². The second-order valence-corrected chi connectivity index (χ2v) is 16.5. The maximum Gasteiger partial charge on any atom is 0.251 e. The number of carbonyl (C=O) groups excluding carboxylic acids is 6. The van der Waals surface area contributed by atoms with Crippen LogP contribution in [0, 0.1) is 60.7 Å². The van der Waals surface area contributed by atoms with Gasteiger partial charge in [-0.15, -0.1) is 0 Å². The molecule has 2 rings (SSSR count). The minimum absolute atomic E-state index is 0. The number of hydrogen-bond donors (Lipinski definition) is 4. The average Bonchev–Trinajstić information content (AvgIpc) is 3.19. The zero-order valence-corrected chi connectivity index (χ0v) is 40.9. The fourth-order valence-electron chi connectivity index (χ4n) is 6.59. The van der Waals surface area contributed by atoms with Gasteiger partial charge in [-0.1, -0.05) is 104 Å². The Balaban J connectivity index is 0.0000110. The number of Topliss-reactive ketones (excluding diaryl/α,β-unsaturated/α-hetero) is 3. The van der Waals surface area contributed by atoms with Gasteiger partial charge in [0.15, 0.2) is 17.3 Å². The first kappa shape index (κ1) is 55.3. The van der Waals surface area contributed by atoms with Crippen LogP contribution in [0.2, 0.25) is 0 Å². The summed E-state index contributed by atoms with van der Waals surface area (Å²) >= 11 is 0. The number of ketones is 3. The third-order valence-electron chi connectivity index (χ3n) is 10.3. The normalized spacial score (nSPS) is 13.7. The van der Waals surface area contributed by atoms with E-state index < -0.39 is 48.4 Å². The van der Waals surface area contributed by atoms with E-state index in [2.05, 4.69) is 55.5 Å². The van der Waals surface area contributed by atoms with Gasteiger partial charge < -0.3 is 37.8 Å². The number of nitrogens with zero attached hydrogens (tertiary/aromatic N) is 2. The number of aliphatic hydroxyl groups is 1. The molecule has 0 aliphatic carbocycles. The maximum atomic E-state index is 13.9. The molecule has 0 aliphatic heterocycles. The summed E-state index contributed by atoms with van der Waals surface area (Å²) in [6, 6.07) is 13.8. The quantitative estimate of drug-likeness (QED) is 0.0716. The topological polar surface area (TPSA) is 186 Å². The SMILES string of the molecule is CCN(CC)CCCCC(CC(=O)C(CC(C)C)NC(=O)[C@H](C)CC(=O)[C@H](Cc1ccccc1)NC(=O)c1ccc(C(C)(C)C)cc1)C(=O)N[C@@H](CO)C(C)=O.[C-]#N.[U]. The molecule has 0 radical (unpaired) electrons. The summed E-state index contributed by atoms with van der Waals surface area (Å²) in [4.78, 5) is 82.5. The molecule has 0 fully saturated rings. The van der Waals surface area contributed by atoms with Gasteiger partial charge in [0.25, 0.3) is 5.91 Å². The first-order valence-electron chi connectivity index (χ1n) is 20.6. The van der Waals surface area contributed by atoms with Crippen LogP contribution in [0.5, 0.6) is 0 Å². The molecule has 5 atom stereocenters. The minimum Gasteiger partial charge on any atom is -0.512 e. The van der Waals surface area contributed by atoms with Crippen molar-refractivity contribution in [2.24, 2.45) is 17.8 Å². The van der Waals surface area contributed by atoms with E-state index in [0.717, 1.165) is 37.2 Å². The largest absolute Gasteiger partial charge is 0.512 e. The summed E-state index contributed by atoms with van der Waals surface area (Å²) in [5.74, 6) is -3.91. The molecule has 13 heteroatoms. The molecule has 0 saturated carbocycles. The molecule has 4 N–H and O–H groups in total. The Morgan fingerprint density at radius 1 is 0.763 bits per heavy atom. The monoisotopic (exact) mass is 1040 g/mol. The van der Waals surface area contributed by atoms with Gasteiger partial charge in [-0.25, -0.2) is 0 Å². The van der Waals surface area contributed by atoms with E-state index in [9.17, 15) is 33.9 Å². The minimum atomic E-state index is -1.06. The summed E-state index contributed by atoms with van der Waals surface area (Å²) in [5, 5.41) is 24.3. The predicted molar refractivity (Wildman–Crippen MR) is 226 cm³/mol. The molecule has 0 spiro atoms. The molecule has 2 unspecified atom stereocenters. The van der Waals surface area contributed by atoms with Crippen molar-refractivity contribution in [1.29, 1.82) is 5.26 Å². The van der Waals surface area contributed by atoms with Gasteiger partial charge in [-0.05, 0) is 86.8 Å². The Morgan fingerprint density at radius 2 is 1.32 bits per heavy atom. The average molecular weight is 1040 g/mol. The van der Waals surface area contributed by atoms with Crippen molar-refractivity contribution in [1.82, 2.24) is 20.9 Å². The molecule has 0 bridgehead atoms. The van der Waals surface area contributed by atoms with Crippen LogP contribution in [0.3, 0.4) is 0 Å².